The normalized spacial score (nSPS) is 28.7. The van der Waals surface area contributed by atoms with Crippen LogP contribution in [-0.2, 0) is 11.3 Å². The summed E-state index contributed by atoms with van der Waals surface area (Å²) in [4.78, 5) is 21.9. The minimum Gasteiger partial charge on any atom is -0.339 e. The molecule has 1 amide bonds. The summed E-state index contributed by atoms with van der Waals surface area (Å²) in [5, 5.41) is 0. The van der Waals surface area contributed by atoms with Crippen molar-refractivity contribution in [3.8, 4) is 0 Å². The van der Waals surface area contributed by atoms with Crippen LogP contribution in [0.2, 0.25) is 0 Å². The van der Waals surface area contributed by atoms with Gasteiger partial charge in [-0.3, -0.25) is 14.6 Å². The highest BCUT2D eigenvalue weighted by molar-refractivity contribution is 5.78. The van der Waals surface area contributed by atoms with Gasteiger partial charge < -0.3 is 9.80 Å². The second-order valence-corrected chi connectivity index (χ2v) is 8.42. The van der Waals surface area contributed by atoms with Crippen LogP contribution in [0.4, 0.5) is 4.39 Å². The lowest BCUT2D eigenvalue weighted by atomic mass is 9.83. The SMILES string of the molecule is CN(CC(=O)N1CCN(C2CN3CCC2CC3)CC1)Cc1ccc(F)cc1. The zero-order valence-electron chi connectivity index (χ0n) is 16.3. The van der Waals surface area contributed by atoms with Crippen LogP contribution < -0.4 is 0 Å². The third kappa shape index (κ3) is 4.50. The first-order valence-corrected chi connectivity index (χ1v) is 10.3. The van der Waals surface area contributed by atoms with E-state index in [1.807, 2.05) is 16.8 Å². The Balaban J connectivity index is 1.23. The number of hydrogen-bond donors (Lipinski definition) is 0. The minimum absolute atomic E-state index is 0.202. The molecule has 4 fully saturated rings. The van der Waals surface area contributed by atoms with Crippen LogP contribution in [0.15, 0.2) is 24.3 Å². The number of benzene rings is 1. The molecule has 4 heterocycles. The Morgan fingerprint density at radius 1 is 1.07 bits per heavy atom. The summed E-state index contributed by atoms with van der Waals surface area (Å²) in [6.45, 7) is 8.53. The average molecular weight is 375 g/mol. The predicted octanol–water partition coefficient (Wildman–Crippen LogP) is 1.50. The standard InChI is InChI=1S/C21H31FN4O/c1-23(14-17-2-4-19(22)5-3-17)16-21(27)26-12-10-25(11-13-26)20-15-24-8-6-18(20)7-9-24/h2-5,18,20H,6-16H2,1H3. The number of halogens is 1. The summed E-state index contributed by atoms with van der Waals surface area (Å²) in [6.07, 6.45) is 2.69. The van der Waals surface area contributed by atoms with Gasteiger partial charge in [-0.1, -0.05) is 12.1 Å². The molecule has 1 aromatic rings. The quantitative estimate of drug-likeness (QED) is 0.781. The first kappa shape index (κ1) is 18.8. The van der Waals surface area contributed by atoms with Gasteiger partial charge in [0.2, 0.25) is 5.91 Å². The molecule has 1 aromatic carbocycles. The lowest BCUT2D eigenvalue weighted by Crippen LogP contribution is -2.61. The van der Waals surface area contributed by atoms with Crippen molar-refractivity contribution < 1.29 is 9.18 Å². The van der Waals surface area contributed by atoms with E-state index in [0.717, 1.165) is 37.7 Å². The maximum absolute atomic E-state index is 13.0. The van der Waals surface area contributed by atoms with Crippen LogP contribution in [0.25, 0.3) is 0 Å². The molecule has 4 aliphatic heterocycles. The Morgan fingerprint density at radius 2 is 1.74 bits per heavy atom. The summed E-state index contributed by atoms with van der Waals surface area (Å²) in [7, 11) is 1.95. The maximum Gasteiger partial charge on any atom is 0.236 e. The zero-order chi connectivity index (χ0) is 18.8. The molecule has 0 saturated carbocycles. The molecule has 4 aliphatic rings. The molecule has 5 rings (SSSR count). The third-order valence-corrected chi connectivity index (χ3v) is 6.53. The fraction of sp³-hybridized carbons (Fsp3) is 0.667. The number of likely N-dealkylation sites (N-methyl/N-ethyl adjacent to an activating group) is 1. The van der Waals surface area contributed by atoms with E-state index in [4.69, 9.17) is 0 Å². The second kappa shape index (κ2) is 8.25. The Labute approximate surface area is 161 Å². The van der Waals surface area contributed by atoms with Crippen molar-refractivity contribution in [1.29, 1.82) is 0 Å². The van der Waals surface area contributed by atoms with Gasteiger partial charge in [0.1, 0.15) is 5.82 Å². The topological polar surface area (TPSA) is 30.0 Å². The number of carbonyl (C=O) groups excluding carboxylic acids is 1. The van der Waals surface area contributed by atoms with Gasteiger partial charge in [-0.25, -0.2) is 4.39 Å². The lowest BCUT2D eigenvalue weighted by molar-refractivity contribution is -0.135. The zero-order valence-corrected chi connectivity index (χ0v) is 16.3. The number of hydrogen-bond acceptors (Lipinski definition) is 4. The largest absolute Gasteiger partial charge is 0.339 e. The van der Waals surface area contributed by atoms with E-state index in [1.54, 1.807) is 12.1 Å². The lowest BCUT2D eigenvalue weighted by Gasteiger charge is -2.51. The highest BCUT2D eigenvalue weighted by Gasteiger charge is 2.38. The van der Waals surface area contributed by atoms with Crippen molar-refractivity contribution in [3.05, 3.63) is 35.6 Å². The summed E-state index contributed by atoms with van der Waals surface area (Å²) < 4.78 is 13.0. The van der Waals surface area contributed by atoms with Crippen LogP contribution in [0, 0.1) is 11.7 Å². The van der Waals surface area contributed by atoms with E-state index in [1.165, 1.54) is 44.6 Å². The van der Waals surface area contributed by atoms with Gasteiger partial charge in [0.25, 0.3) is 0 Å². The van der Waals surface area contributed by atoms with E-state index < -0.39 is 0 Å². The van der Waals surface area contributed by atoms with Crippen molar-refractivity contribution in [2.45, 2.75) is 25.4 Å². The Morgan fingerprint density at radius 3 is 2.33 bits per heavy atom. The molecular weight excluding hydrogens is 343 g/mol. The van der Waals surface area contributed by atoms with Crippen LogP contribution in [-0.4, -0.2) is 91.0 Å². The van der Waals surface area contributed by atoms with Crippen molar-refractivity contribution in [2.75, 3.05) is 59.4 Å². The molecule has 1 unspecified atom stereocenters. The smallest absolute Gasteiger partial charge is 0.236 e. The molecule has 4 saturated heterocycles. The van der Waals surface area contributed by atoms with Gasteiger partial charge in [0.05, 0.1) is 6.54 Å². The van der Waals surface area contributed by atoms with E-state index >= 15 is 0 Å². The first-order valence-electron chi connectivity index (χ1n) is 10.3. The first-order chi connectivity index (χ1) is 13.1. The number of piperidine rings is 3. The van der Waals surface area contributed by atoms with Gasteiger partial charge in [-0.15, -0.1) is 0 Å². The van der Waals surface area contributed by atoms with Gasteiger partial charge in [-0.2, -0.15) is 0 Å². The number of carbonyl (C=O) groups is 1. The van der Waals surface area contributed by atoms with Gasteiger partial charge in [0, 0.05) is 45.3 Å². The average Bonchev–Trinajstić information content (AvgIpc) is 2.70. The van der Waals surface area contributed by atoms with E-state index in [2.05, 4.69) is 9.80 Å². The molecular formula is C21H31FN4O. The molecule has 2 bridgehead atoms. The van der Waals surface area contributed by atoms with Crippen LogP contribution >= 0.6 is 0 Å². The van der Waals surface area contributed by atoms with Crippen molar-refractivity contribution in [3.63, 3.8) is 0 Å². The molecule has 6 heteroatoms. The van der Waals surface area contributed by atoms with Gasteiger partial charge >= 0.3 is 0 Å². The summed E-state index contributed by atoms with van der Waals surface area (Å²) >= 11 is 0. The fourth-order valence-corrected chi connectivity index (χ4v) is 4.94. The van der Waals surface area contributed by atoms with E-state index in [0.29, 0.717) is 19.1 Å². The van der Waals surface area contributed by atoms with Crippen molar-refractivity contribution in [2.24, 2.45) is 5.92 Å². The highest BCUT2D eigenvalue weighted by Crippen LogP contribution is 2.31. The number of fused-ring (bicyclic) bond motifs is 3. The molecule has 0 N–H and O–H groups in total. The van der Waals surface area contributed by atoms with Crippen molar-refractivity contribution >= 4 is 5.91 Å². The van der Waals surface area contributed by atoms with Crippen LogP contribution in [0.5, 0.6) is 0 Å². The number of amides is 1. The summed E-state index contributed by atoms with van der Waals surface area (Å²) in [5.74, 6) is 0.839. The third-order valence-electron chi connectivity index (χ3n) is 6.53. The Hall–Kier alpha value is -1.50. The molecule has 0 radical (unpaired) electrons. The molecule has 0 aromatic heterocycles. The predicted molar refractivity (Wildman–Crippen MR) is 104 cm³/mol. The van der Waals surface area contributed by atoms with Gasteiger partial charge in [0.15, 0.2) is 0 Å². The monoisotopic (exact) mass is 374 g/mol. The molecule has 27 heavy (non-hydrogen) atoms. The Bertz CT molecular complexity index is 636. The van der Waals surface area contributed by atoms with Gasteiger partial charge in [-0.05, 0) is 56.6 Å². The molecule has 0 spiro atoms. The highest BCUT2D eigenvalue weighted by atomic mass is 19.1. The summed E-state index contributed by atoms with van der Waals surface area (Å²) in [6, 6.07) is 7.20. The van der Waals surface area contributed by atoms with E-state index in [-0.39, 0.29) is 11.7 Å². The number of nitrogens with zero attached hydrogens (tertiary/aromatic N) is 4. The van der Waals surface area contributed by atoms with E-state index in [9.17, 15) is 9.18 Å². The molecule has 5 nitrogen and oxygen atoms in total. The molecule has 148 valence electrons. The number of piperazine rings is 1. The fourth-order valence-electron chi connectivity index (χ4n) is 4.94. The maximum atomic E-state index is 13.0. The second-order valence-electron chi connectivity index (χ2n) is 8.42. The van der Waals surface area contributed by atoms with Crippen LogP contribution in [0.3, 0.4) is 0 Å². The minimum atomic E-state index is -0.224. The van der Waals surface area contributed by atoms with Crippen molar-refractivity contribution in [1.82, 2.24) is 19.6 Å². The van der Waals surface area contributed by atoms with Crippen LogP contribution in [0.1, 0.15) is 18.4 Å². The molecule has 0 aliphatic carbocycles. The number of rotatable bonds is 5. The summed E-state index contributed by atoms with van der Waals surface area (Å²) in [5.41, 5.74) is 1.03. The Kier molecular flexibility index (Phi) is 5.76. The molecule has 1 atom stereocenters.